The molecule has 2 rings (SSSR count). The van der Waals surface area contributed by atoms with E-state index in [1.807, 2.05) is 0 Å². The summed E-state index contributed by atoms with van der Waals surface area (Å²) < 4.78 is 54.6. The fourth-order valence-electron chi connectivity index (χ4n) is 1.92. The first-order chi connectivity index (χ1) is 10.7. The van der Waals surface area contributed by atoms with Gasteiger partial charge in [-0.15, -0.1) is 0 Å². The van der Waals surface area contributed by atoms with Crippen LogP contribution < -0.4 is 20.1 Å². The van der Waals surface area contributed by atoms with Gasteiger partial charge in [0.1, 0.15) is 0 Å². The molecule has 1 aliphatic heterocycles. The lowest BCUT2D eigenvalue weighted by molar-refractivity contribution is -0.317. The van der Waals surface area contributed by atoms with Gasteiger partial charge in [-0.3, -0.25) is 5.32 Å². The van der Waals surface area contributed by atoms with E-state index in [9.17, 15) is 18.0 Å². The predicted octanol–water partition coefficient (Wildman–Crippen LogP) is 2.66. The molecule has 6 nitrogen and oxygen atoms in total. The Labute approximate surface area is 134 Å². The lowest BCUT2D eigenvalue weighted by atomic mass is 10.3. The number of rotatable bonds is 4. The second-order valence-electron chi connectivity index (χ2n) is 4.86. The van der Waals surface area contributed by atoms with Gasteiger partial charge in [-0.2, -0.15) is 13.2 Å². The molecule has 0 aromatic heterocycles. The molecule has 10 heteroatoms. The fourth-order valence-corrected chi connectivity index (χ4v) is 2.08. The summed E-state index contributed by atoms with van der Waals surface area (Å²) in [6, 6.07) is 2.10. The van der Waals surface area contributed by atoms with E-state index in [1.165, 1.54) is 19.2 Å². The summed E-state index contributed by atoms with van der Waals surface area (Å²) in [4.78, 5) is 11.8. The van der Waals surface area contributed by atoms with E-state index >= 15 is 0 Å². The maximum atomic E-state index is 13.4. The van der Waals surface area contributed by atoms with Crippen molar-refractivity contribution in [3.8, 4) is 11.5 Å². The van der Waals surface area contributed by atoms with Crippen LogP contribution in [0.3, 0.4) is 0 Å². The molecule has 0 spiro atoms. The zero-order chi connectivity index (χ0) is 17.3. The van der Waals surface area contributed by atoms with Gasteiger partial charge in [0.2, 0.25) is 0 Å². The average Bonchev–Trinajstić information content (AvgIpc) is 2.76. The van der Waals surface area contributed by atoms with Gasteiger partial charge in [0, 0.05) is 18.2 Å². The van der Waals surface area contributed by atoms with E-state index < -0.39 is 24.2 Å². The quantitative estimate of drug-likeness (QED) is 0.872. The first-order valence-electron chi connectivity index (χ1n) is 6.49. The molecule has 0 fully saturated rings. The van der Waals surface area contributed by atoms with Gasteiger partial charge >= 0.3 is 18.1 Å². The number of alkyl halides is 3. The van der Waals surface area contributed by atoms with Crippen molar-refractivity contribution in [2.75, 3.05) is 13.7 Å². The standard InChI is InChI=1S/C13H14ClF3N2O4/c1-7(6-21-2)18-11(20)19-13(12(15,16)17)22-9-4-3-8(14)5-10(9)23-13/h3-5,7H,6H2,1-2H3,(H2,18,19,20)/t7-,13-/m1/s1. The number of halogens is 4. The fraction of sp³-hybridized carbons (Fsp3) is 0.462. The molecule has 1 aromatic rings. The van der Waals surface area contributed by atoms with E-state index in [2.05, 4.69) is 5.32 Å². The van der Waals surface area contributed by atoms with Gasteiger partial charge < -0.3 is 19.5 Å². The summed E-state index contributed by atoms with van der Waals surface area (Å²) in [5.74, 6) is -3.73. The van der Waals surface area contributed by atoms with E-state index in [4.69, 9.17) is 25.8 Å². The topological polar surface area (TPSA) is 68.8 Å². The van der Waals surface area contributed by atoms with Crippen molar-refractivity contribution in [2.24, 2.45) is 0 Å². The molecule has 0 saturated carbocycles. The molecule has 1 heterocycles. The number of urea groups is 1. The van der Waals surface area contributed by atoms with Gasteiger partial charge in [-0.05, 0) is 19.1 Å². The van der Waals surface area contributed by atoms with Crippen molar-refractivity contribution in [1.29, 1.82) is 0 Å². The smallest absolute Gasteiger partial charge is 0.424 e. The second kappa shape index (κ2) is 6.32. The van der Waals surface area contributed by atoms with E-state index in [0.29, 0.717) is 0 Å². The molecular weight excluding hydrogens is 341 g/mol. The van der Waals surface area contributed by atoms with Gasteiger partial charge in [-0.25, -0.2) is 4.79 Å². The molecule has 0 radical (unpaired) electrons. The van der Waals surface area contributed by atoms with Crippen LogP contribution in [-0.4, -0.2) is 37.9 Å². The SMILES string of the molecule is COC[C@@H](C)NC(=O)N[C@]1(C(F)(F)F)Oc2ccc(Cl)cc2O1. The number of nitrogens with one attached hydrogen (secondary N) is 2. The van der Waals surface area contributed by atoms with E-state index in [0.717, 1.165) is 6.07 Å². The van der Waals surface area contributed by atoms with Crippen LogP contribution in [0.25, 0.3) is 0 Å². The maximum absolute atomic E-state index is 13.4. The minimum absolute atomic E-state index is 0.129. The van der Waals surface area contributed by atoms with Crippen LogP contribution in [0.15, 0.2) is 18.2 Å². The molecule has 1 aliphatic rings. The molecule has 128 valence electrons. The van der Waals surface area contributed by atoms with Crippen molar-refractivity contribution in [2.45, 2.75) is 25.1 Å². The Balaban J connectivity index is 2.18. The van der Waals surface area contributed by atoms with Crippen molar-refractivity contribution in [3.05, 3.63) is 23.2 Å². The third kappa shape index (κ3) is 3.73. The van der Waals surface area contributed by atoms with Crippen molar-refractivity contribution >= 4 is 17.6 Å². The van der Waals surface area contributed by atoms with Crippen LogP contribution in [0.2, 0.25) is 5.02 Å². The highest BCUT2D eigenvalue weighted by Gasteiger charge is 2.65. The number of carbonyl (C=O) groups excluding carboxylic acids is 1. The number of amides is 2. The predicted molar refractivity (Wildman–Crippen MR) is 74.5 cm³/mol. The number of carbonyl (C=O) groups is 1. The second-order valence-corrected chi connectivity index (χ2v) is 5.30. The van der Waals surface area contributed by atoms with Gasteiger partial charge in [0.25, 0.3) is 0 Å². The summed E-state index contributed by atoms with van der Waals surface area (Å²) in [6.07, 6.45) is -5.03. The highest BCUT2D eigenvalue weighted by Crippen LogP contribution is 2.45. The monoisotopic (exact) mass is 354 g/mol. The van der Waals surface area contributed by atoms with Crippen LogP contribution in [0.1, 0.15) is 6.92 Å². The molecule has 0 aliphatic carbocycles. The molecule has 1 aromatic carbocycles. The van der Waals surface area contributed by atoms with E-state index in [1.54, 1.807) is 12.2 Å². The summed E-state index contributed by atoms with van der Waals surface area (Å²) in [5.41, 5.74) is 0. The van der Waals surface area contributed by atoms with Gasteiger partial charge in [-0.1, -0.05) is 11.6 Å². The first-order valence-corrected chi connectivity index (χ1v) is 6.86. The zero-order valence-electron chi connectivity index (χ0n) is 12.2. The van der Waals surface area contributed by atoms with Crippen LogP contribution >= 0.6 is 11.6 Å². The Kier molecular flexibility index (Phi) is 4.81. The van der Waals surface area contributed by atoms with Gasteiger partial charge in [0.15, 0.2) is 11.5 Å². The minimum Gasteiger partial charge on any atom is -0.424 e. The van der Waals surface area contributed by atoms with Crippen molar-refractivity contribution in [1.82, 2.24) is 10.6 Å². The molecule has 23 heavy (non-hydrogen) atoms. The third-order valence-corrected chi connectivity index (χ3v) is 3.09. The first kappa shape index (κ1) is 17.5. The highest BCUT2D eigenvalue weighted by atomic mass is 35.5. The molecule has 0 bridgehead atoms. The van der Waals surface area contributed by atoms with Crippen molar-refractivity contribution in [3.63, 3.8) is 0 Å². The number of hydrogen-bond donors (Lipinski definition) is 2. The number of methoxy groups -OCH3 is 1. The Morgan fingerprint density at radius 1 is 1.39 bits per heavy atom. The largest absolute Gasteiger partial charge is 0.492 e. The van der Waals surface area contributed by atoms with Gasteiger partial charge in [0.05, 0.1) is 12.6 Å². The Morgan fingerprint density at radius 3 is 2.65 bits per heavy atom. The van der Waals surface area contributed by atoms with Crippen LogP contribution in [0.5, 0.6) is 11.5 Å². The summed E-state index contributed by atoms with van der Waals surface area (Å²) in [5, 5.41) is 4.12. The van der Waals surface area contributed by atoms with Crippen LogP contribution in [0, 0.1) is 0 Å². The Hall–Kier alpha value is -1.87. The maximum Gasteiger partial charge on any atom is 0.492 e. The molecule has 2 amide bonds. The molecule has 0 unspecified atom stereocenters. The Bertz CT molecular complexity index is 599. The Morgan fingerprint density at radius 2 is 2.04 bits per heavy atom. The number of ether oxygens (including phenoxy) is 3. The normalized spacial score (nSPS) is 21.0. The lowest BCUT2D eigenvalue weighted by Crippen LogP contribution is -2.66. The average molecular weight is 355 g/mol. The lowest BCUT2D eigenvalue weighted by Gasteiger charge is -2.30. The minimum atomic E-state index is -5.03. The molecule has 2 N–H and O–H groups in total. The van der Waals surface area contributed by atoms with Crippen molar-refractivity contribution < 1.29 is 32.2 Å². The molecule has 2 atom stereocenters. The molecule has 0 saturated heterocycles. The number of fused-ring (bicyclic) bond motifs is 1. The zero-order valence-corrected chi connectivity index (χ0v) is 12.9. The van der Waals surface area contributed by atoms with Crippen LogP contribution in [-0.2, 0) is 4.74 Å². The number of hydrogen-bond acceptors (Lipinski definition) is 4. The third-order valence-electron chi connectivity index (χ3n) is 2.86. The summed E-state index contributed by atoms with van der Waals surface area (Å²) in [6.45, 7) is 1.69. The van der Waals surface area contributed by atoms with Crippen LogP contribution in [0.4, 0.5) is 18.0 Å². The highest BCUT2D eigenvalue weighted by molar-refractivity contribution is 6.30. The summed E-state index contributed by atoms with van der Waals surface area (Å²) >= 11 is 5.71. The molecular formula is C13H14ClF3N2O4. The number of benzene rings is 1. The summed E-state index contributed by atoms with van der Waals surface area (Å²) in [7, 11) is 1.40. The van der Waals surface area contributed by atoms with E-state index in [-0.39, 0.29) is 23.1 Å².